The van der Waals surface area contributed by atoms with Gasteiger partial charge in [0, 0.05) is 0 Å². The van der Waals surface area contributed by atoms with Gasteiger partial charge in [-0.15, -0.1) is 0 Å². The lowest BCUT2D eigenvalue weighted by molar-refractivity contribution is 0.416. The van der Waals surface area contributed by atoms with E-state index in [4.69, 9.17) is 10.5 Å². The highest BCUT2D eigenvalue weighted by molar-refractivity contribution is 7.82. The van der Waals surface area contributed by atoms with Crippen molar-refractivity contribution in [2.24, 2.45) is 0 Å². The Hall–Kier alpha value is -1.07. The molecule has 5 heteroatoms. The molecule has 0 aliphatic carbocycles. The molecule has 14 heavy (non-hydrogen) atoms. The number of hydrogen-bond donors (Lipinski definition) is 1. The highest BCUT2D eigenvalue weighted by Gasteiger charge is 2.08. The Balaban J connectivity index is 3.03. The van der Waals surface area contributed by atoms with Crippen molar-refractivity contribution in [3.05, 3.63) is 18.2 Å². The average Bonchev–Trinajstić information content (AvgIpc) is 2.16. The van der Waals surface area contributed by atoms with Gasteiger partial charge in [0.1, 0.15) is 16.7 Å². The summed E-state index contributed by atoms with van der Waals surface area (Å²) in [6.45, 7) is 0. The van der Waals surface area contributed by atoms with Crippen LogP contribution in [0.3, 0.4) is 0 Å². The summed E-state index contributed by atoms with van der Waals surface area (Å²) < 4.78 is 18.3. The fraction of sp³-hybridized carbons (Fsp3) is 0.333. The van der Waals surface area contributed by atoms with Gasteiger partial charge in [0.15, 0.2) is 0 Å². The van der Waals surface area contributed by atoms with Crippen LogP contribution in [0, 0.1) is 0 Å². The van der Waals surface area contributed by atoms with E-state index in [0.717, 1.165) is 0 Å². The van der Waals surface area contributed by atoms with Crippen LogP contribution in [0.25, 0.3) is 0 Å². The maximum Gasteiger partial charge on any atom is 0.141 e. The summed E-state index contributed by atoms with van der Waals surface area (Å²) in [6, 6.07) is 5.12. The van der Waals surface area contributed by atoms with Gasteiger partial charge >= 0.3 is 0 Å². The Bertz CT molecular complexity index is 353. The van der Waals surface area contributed by atoms with Crippen molar-refractivity contribution >= 4 is 16.7 Å². The largest absolute Gasteiger partial charge is 0.495 e. The van der Waals surface area contributed by atoms with Crippen molar-refractivity contribution in [1.29, 1.82) is 0 Å². The first kappa shape index (κ1) is 11.0. The number of nitrogens with two attached hydrogens (primary N) is 1. The SMILES string of the molecule is COc1ccc(S(=O)N(C)C)cc1N. The number of nitrogens with zero attached hydrogens (tertiary/aromatic N) is 1. The zero-order chi connectivity index (χ0) is 10.7. The Morgan fingerprint density at radius 1 is 1.43 bits per heavy atom. The van der Waals surface area contributed by atoms with Crippen LogP contribution in [0.2, 0.25) is 0 Å². The number of rotatable bonds is 3. The monoisotopic (exact) mass is 214 g/mol. The molecule has 0 aliphatic rings. The maximum atomic E-state index is 11.6. The summed E-state index contributed by atoms with van der Waals surface area (Å²) in [5, 5.41) is 0. The first-order valence-electron chi connectivity index (χ1n) is 4.09. The average molecular weight is 214 g/mol. The molecule has 0 heterocycles. The summed E-state index contributed by atoms with van der Waals surface area (Å²) in [4.78, 5) is 0.674. The third-order valence-electron chi connectivity index (χ3n) is 1.73. The predicted octanol–water partition coefficient (Wildman–Crippen LogP) is 0.862. The molecule has 1 aromatic rings. The molecule has 0 spiro atoms. The second-order valence-corrected chi connectivity index (χ2v) is 4.67. The molecule has 4 nitrogen and oxygen atoms in total. The van der Waals surface area contributed by atoms with Gasteiger partial charge in [-0.05, 0) is 32.3 Å². The van der Waals surface area contributed by atoms with Crippen LogP contribution in [-0.4, -0.2) is 29.7 Å². The van der Waals surface area contributed by atoms with E-state index in [1.54, 1.807) is 43.7 Å². The van der Waals surface area contributed by atoms with E-state index in [0.29, 0.717) is 16.3 Å². The number of methoxy groups -OCH3 is 1. The van der Waals surface area contributed by atoms with Gasteiger partial charge in [-0.3, -0.25) is 0 Å². The zero-order valence-electron chi connectivity index (χ0n) is 8.48. The van der Waals surface area contributed by atoms with Crippen LogP contribution in [0.4, 0.5) is 5.69 Å². The Morgan fingerprint density at radius 3 is 2.50 bits per heavy atom. The minimum atomic E-state index is -1.16. The van der Waals surface area contributed by atoms with E-state index in [9.17, 15) is 4.21 Å². The Labute approximate surface area is 86.2 Å². The number of ether oxygens (including phenoxy) is 1. The van der Waals surface area contributed by atoms with Crippen molar-refractivity contribution in [2.45, 2.75) is 4.90 Å². The molecule has 0 fully saturated rings. The first-order valence-corrected chi connectivity index (χ1v) is 5.19. The van der Waals surface area contributed by atoms with Crippen LogP contribution in [0.15, 0.2) is 23.1 Å². The van der Waals surface area contributed by atoms with Crippen molar-refractivity contribution in [2.75, 3.05) is 26.9 Å². The summed E-state index contributed by atoms with van der Waals surface area (Å²) in [5.41, 5.74) is 6.19. The first-order chi connectivity index (χ1) is 6.56. The molecular formula is C9H14N2O2S. The molecule has 0 radical (unpaired) electrons. The number of anilines is 1. The predicted molar refractivity (Wildman–Crippen MR) is 57.5 cm³/mol. The van der Waals surface area contributed by atoms with Crippen LogP contribution >= 0.6 is 0 Å². The van der Waals surface area contributed by atoms with Gasteiger partial charge < -0.3 is 10.5 Å². The molecule has 0 amide bonds. The highest BCUT2D eigenvalue weighted by atomic mass is 32.2. The van der Waals surface area contributed by atoms with Crippen LogP contribution < -0.4 is 10.5 Å². The number of benzene rings is 1. The molecule has 1 atom stereocenters. The molecule has 0 bridgehead atoms. The molecule has 0 saturated carbocycles. The van der Waals surface area contributed by atoms with Crippen LogP contribution in [-0.2, 0) is 11.0 Å². The Morgan fingerprint density at radius 2 is 2.07 bits per heavy atom. The van der Waals surface area contributed by atoms with E-state index in [-0.39, 0.29) is 0 Å². The fourth-order valence-electron chi connectivity index (χ4n) is 1.03. The molecule has 0 saturated heterocycles. The standard InChI is InChI=1S/C9H14N2O2S/c1-11(2)14(12)7-4-5-9(13-3)8(10)6-7/h4-6H,10H2,1-3H3. The van der Waals surface area contributed by atoms with Gasteiger partial charge in [0.05, 0.1) is 17.7 Å². The smallest absolute Gasteiger partial charge is 0.141 e. The van der Waals surface area contributed by atoms with Crippen molar-refractivity contribution in [3.8, 4) is 5.75 Å². The fourth-order valence-corrected chi connectivity index (χ4v) is 1.87. The van der Waals surface area contributed by atoms with Gasteiger partial charge in [-0.25, -0.2) is 8.51 Å². The lowest BCUT2D eigenvalue weighted by atomic mass is 10.3. The zero-order valence-corrected chi connectivity index (χ0v) is 9.30. The summed E-state index contributed by atoms with van der Waals surface area (Å²) in [7, 11) is 3.89. The molecule has 2 N–H and O–H groups in total. The number of hydrogen-bond acceptors (Lipinski definition) is 3. The van der Waals surface area contributed by atoms with Crippen molar-refractivity contribution in [1.82, 2.24) is 4.31 Å². The Kier molecular flexibility index (Phi) is 3.49. The van der Waals surface area contributed by atoms with Crippen molar-refractivity contribution < 1.29 is 8.95 Å². The van der Waals surface area contributed by atoms with Gasteiger partial charge in [0.2, 0.25) is 0 Å². The number of nitrogen functional groups attached to an aromatic ring is 1. The lowest BCUT2D eigenvalue weighted by Crippen LogP contribution is -2.15. The second-order valence-electron chi connectivity index (χ2n) is 2.97. The minimum Gasteiger partial charge on any atom is -0.495 e. The summed E-state index contributed by atoms with van der Waals surface area (Å²) in [6.07, 6.45) is 0. The minimum absolute atomic E-state index is 0.500. The van der Waals surface area contributed by atoms with Gasteiger partial charge in [-0.1, -0.05) is 0 Å². The van der Waals surface area contributed by atoms with Crippen LogP contribution in [0.5, 0.6) is 5.75 Å². The van der Waals surface area contributed by atoms with E-state index in [1.165, 1.54) is 0 Å². The third kappa shape index (κ3) is 2.24. The molecule has 1 unspecified atom stereocenters. The van der Waals surface area contributed by atoms with E-state index >= 15 is 0 Å². The maximum absolute atomic E-state index is 11.6. The highest BCUT2D eigenvalue weighted by Crippen LogP contribution is 2.23. The van der Waals surface area contributed by atoms with Gasteiger partial charge in [0.25, 0.3) is 0 Å². The topological polar surface area (TPSA) is 55.6 Å². The van der Waals surface area contributed by atoms with Crippen LogP contribution in [0.1, 0.15) is 0 Å². The summed E-state index contributed by atoms with van der Waals surface area (Å²) in [5.74, 6) is 0.601. The molecule has 78 valence electrons. The summed E-state index contributed by atoms with van der Waals surface area (Å²) >= 11 is 0. The second kappa shape index (κ2) is 4.43. The third-order valence-corrected chi connectivity index (χ3v) is 3.05. The molecule has 0 aromatic heterocycles. The van der Waals surface area contributed by atoms with E-state index in [1.807, 2.05) is 0 Å². The van der Waals surface area contributed by atoms with Gasteiger partial charge in [-0.2, -0.15) is 0 Å². The molecule has 0 aliphatic heterocycles. The van der Waals surface area contributed by atoms with Crippen molar-refractivity contribution in [3.63, 3.8) is 0 Å². The molecule has 1 rings (SSSR count). The van der Waals surface area contributed by atoms with E-state index < -0.39 is 11.0 Å². The quantitative estimate of drug-likeness (QED) is 0.759. The normalized spacial score (nSPS) is 12.9. The van der Waals surface area contributed by atoms with E-state index in [2.05, 4.69) is 0 Å². The lowest BCUT2D eigenvalue weighted by Gasteiger charge is -2.10. The molecule has 1 aromatic carbocycles. The molecular weight excluding hydrogens is 200 g/mol.